The van der Waals surface area contributed by atoms with E-state index in [1.54, 1.807) is 12.1 Å². The molecule has 4 amide bonds. The highest BCUT2D eigenvalue weighted by Gasteiger charge is 2.37. The topological polar surface area (TPSA) is 75.7 Å². The molecule has 0 aromatic heterocycles. The molecule has 1 aliphatic rings. The van der Waals surface area contributed by atoms with E-state index in [4.69, 9.17) is 4.74 Å². The van der Waals surface area contributed by atoms with E-state index in [-0.39, 0.29) is 17.9 Å². The Morgan fingerprint density at radius 1 is 1.00 bits per heavy atom. The minimum Gasteiger partial charge on any atom is -0.487 e. The van der Waals surface area contributed by atoms with Crippen molar-refractivity contribution in [2.75, 3.05) is 4.90 Å². The molecule has 34 heavy (non-hydrogen) atoms. The molecule has 172 valence electrons. The Kier molecular flexibility index (Phi) is 6.95. The summed E-state index contributed by atoms with van der Waals surface area (Å²) >= 11 is 6.88. The van der Waals surface area contributed by atoms with Crippen molar-refractivity contribution in [2.24, 2.45) is 0 Å². The molecule has 1 heterocycles. The van der Waals surface area contributed by atoms with Gasteiger partial charge >= 0.3 is 6.03 Å². The van der Waals surface area contributed by atoms with Gasteiger partial charge in [-0.2, -0.15) is 0 Å². The molecule has 9 heteroatoms. The van der Waals surface area contributed by atoms with Crippen LogP contribution < -0.4 is 15.0 Å². The van der Waals surface area contributed by atoms with Crippen molar-refractivity contribution in [3.05, 3.63) is 97.7 Å². The number of imide groups is 2. The SMILES string of the molecule is Cc1ccc(COc2c(Br)cc(Br)cc2/C=C2\C(=O)NC(=O)N(c3ccc(F)cc3)C2=O)cc1. The van der Waals surface area contributed by atoms with Crippen LogP contribution in [-0.4, -0.2) is 17.8 Å². The first kappa shape index (κ1) is 23.8. The zero-order valence-corrected chi connectivity index (χ0v) is 20.9. The molecule has 6 nitrogen and oxygen atoms in total. The van der Waals surface area contributed by atoms with Crippen molar-refractivity contribution in [1.29, 1.82) is 0 Å². The summed E-state index contributed by atoms with van der Waals surface area (Å²) < 4.78 is 20.6. The zero-order chi connectivity index (χ0) is 24.4. The average Bonchev–Trinajstić information content (AvgIpc) is 2.78. The van der Waals surface area contributed by atoms with Gasteiger partial charge in [0.2, 0.25) is 0 Å². The summed E-state index contributed by atoms with van der Waals surface area (Å²) in [5.74, 6) is -1.77. The molecule has 0 atom stereocenters. The number of amides is 4. The van der Waals surface area contributed by atoms with Crippen LogP contribution in [0.5, 0.6) is 5.75 Å². The second-order valence-corrected chi connectivity index (χ2v) is 9.28. The van der Waals surface area contributed by atoms with E-state index < -0.39 is 23.7 Å². The molecular formula is C25H17Br2FN2O4. The predicted molar refractivity (Wildman–Crippen MR) is 133 cm³/mol. The van der Waals surface area contributed by atoms with Gasteiger partial charge in [0.15, 0.2) is 0 Å². The molecule has 0 spiro atoms. The normalized spacial score (nSPS) is 15.0. The number of hydrogen-bond donors (Lipinski definition) is 1. The molecule has 0 radical (unpaired) electrons. The van der Waals surface area contributed by atoms with E-state index >= 15 is 0 Å². The quantitative estimate of drug-likeness (QED) is 0.298. The number of benzene rings is 3. The summed E-state index contributed by atoms with van der Waals surface area (Å²) in [6.45, 7) is 2.25. The van der Waals surface area contributed by atoms with Crippen molar-refractivity contribution >= 4 is 61.5 Å². The Bertz CT molecular complexity index is 1320. The molecule has 4 rings (SSSR count). The molecule has 0 saturated carbocycles. The van der Waals surface area contributed by atoms with Crippen molar-refractivity contribution in [1.82, 2.24) is 5.32 Å². The molecule has 1 fully saturated rings. The summed E-state index contributed by atoms with van der Waals surface area (Å²) in [6, 6.07) is 15.2. The van der Waals surface area contributed by atoms with Gasteiger partial charge in [0.1, 0.15) is 23.7 Å². The summed E-state index contributed by atoms with van der Waals surface area (Å²) in [7, 11) is 0. The van der Waals surface area contributed by atoms with E-state index in [1.807, 2.05) is 31.2 Å². The minimum absolute atomic E-state index is 0.133. The standard InChI is InChI=1S/C25H17Br2FN2O4/c1-14-2-4-15(5-3-14)13-34-22-16(10-17(26)12-21(22)27)11-20-23(31)29-25(33)30(24(20)32)19-8-6-18(28)7-9-19/h2-12H,13H2,1H3,(H,29,31,33)/b20-11+. The first-order chi connectivity index (χ1) is 16.2. The largest absolute Gasteiger partial charge is 0.487 e. The fourth-order valence-corrected chi connectivity index (χ4v) is 4.69. The Balaban J connectivity index is 1.70. The Labute approximate surface area is 211 Å². The third-order valence-corrected chi connectivity index (χ3v) is 6.07. The monoisotopic (exact) mass is 586 g/mol. The van der Waals surface area contributed by atoms with E-state index in [0.717, 1.165) is 28.2 Å². The van der Waals surface area contributed by atoms with Crippen LogP contribution >= 0.6 is 31.9 Å². The number of carbonyl (C=O) groups is 3. The summed E-state index contributed by atoms with van der Waals surface area (Å²) in [5, 5.41) is 2.16. The highest BCUT2D eigenvalue weighted by Crippen LogP contribution is 2.35. The van der Waals surface area contributed by atoms with Gasteiger partial charge in [0.25, 0.3) is 11.8 Å². The number of urea groups is 1. The summed E-state index contributed by atoms with van der Waals surface area (Å²) in [5.41, 5.74) is 2.38. The Morgan fingerprint density at radius 2 is 1.68 bits per heavy atom. The van der Waals surface area contributed by atoms with E-state index in [0.29, 0.717) is 20.3 Å². The van der Waals surface area contributed by atoms with Gasteiger partial charge in [-0.1, -0.05) is 45.8 Å². The maximum Gasteiger partial charge on any atom is 0.335 e. The average molecular weight is 588 g/mol. The van der Waals surface area contributed by atoms with Gasteiger partial charge in [-0.25, -0.2) is 14.1 Å². The van der Waals surface area contributed by atoms with Crippen molar-refractivity contribution in [2.45, 2.75) is 13.5 Å². The van der Waals surface area contributed by atoms with Gasteiger partial charge in [0, 0.05) is 10.0 Å². The highest BCUT2D eigenvalue weighted by molar-refractivity contribution is 9.11. The van der Waals surface area contributed by atoms with Crippen LogP contribution in [-0.2, 0) is 16.2 Å². The lowest BCUT2D eigenvalue weighted by Crippen LogP contribution is -2.54. The van der Waals surface area contributed by atoms with Crippen LogP contribution in [0.1, 0.15) is 16.7 Å². The number of ether oxygens (including phenoxy) is 1. The van der Waals surface area contributed by atoms with Crippen molar-refractivity contribution in [3.63, 3.8) is 0 Å². The molecule has 3 aromatic carbocycles. The van der Waals surface area contributed by atoms with Gasteiger partial charge in [0.05, 0.1) is 10.2 Å². The fraction of sp³-hybridized carbons (Fsp3) is 0.0800. The molecule has 0 bridgehead atoms. The minimum atomic E-state index is -0.912. The number of halogens is 3. The van der Waals surface area contributed by atoms with Crippen LogP contribution in [0.15, 0.2) is 75.2 Å². The van der Waals surface area contributed by atoms with E-state index in [1.165, 1.54) is 18.2 Å². The second-order valence-electron chi connectivity index (χ2n) is 7.51. The van der Waals surface area contributed by atoms with Gasteiger partial charge in [-0.15, -0.1) is 0 Å². The lowest BCUT2D eigenvalue weighted by Gasteiger charge is -2.26. The Hall–Kier alpha value is -3.30. The number of barbiturate groups is 1. The molecule has 3 aromatic rings. The molecule has 1 saturated heterocycles. The smallest absolute Gasteiger partial charge is 0.335 e. The van der Waals surface area contributed by atoms with Crippen LogP contribution in [0.25, 0.3) is 6.08 Å². The number of hydrogen-bond acceptors (Lipinski definition) is 4. The predicted octanol–water partition coefficient (Wildman–Crippen LogP) is 5.90. The van der Waals surface area contributed by atoms with Crippen LogP contribution in [0.2, 0.25) is 0 Å². The van der Waals surface area contributed by atoms with E-state index in [2.05, 4.69) is 37.2 Å². The molecular weight excluding hydrogens is 571 g/mol. The van der Waals surface area contributed by atoms with Gasteiger partial charge in [-0.3, -0.25) is 14.9 Å². The maximum absolute atomic E-state index is 13.3. The lowest BCUT2D eigenvalue weighted by atomic mass is 10.1. The highest BCUT2D eigenvalue weighted by atomic mass is 79.9. The first-order valence-corrected chi connectivity index (χ1v) is 11.7. The van der Waals surface area contributed by atoms with Gasteiger partial charge < -0.3 is 4.74 Å². The molecule has 0 unspecified atom stereocenters. The molecule has 1 aliphatic heterocycles. The number of carbonyl (C=O) groups excluding carboxylic acids is 3. The van der Waals surface area contributed by atoms with Crippen LogP contribution in [0.3, 0.4) is 0 Å². The molecule has 1 N–H and O–H groups in total. The number of nitrogens with one attached hydrogen (secondary N) is 1. The number of anilines is 1. The van der Waals surface area contributed by atoms with Crippen molar-refractivity contribution in [3.8, 4) is 5.75 Å². The Morgan fingerprint density at radius 3 is 2.35 bits per heavy atom. The number of aryl methyl sites for hydroxylation is 1. The first-order valence-electron chi connectivity index (χ1n) is 10.1. The number of rotatable bonds is 5. The van der Waals surface area contributed by atoms with Crippen LogP contribution in [0, 0.1) is 12.7 Å². The summed E-state index contributed by atoms with van der Waals surface area (Å²) in [6.07, 6.45) is 1.36. The van der Waals surface area contributed by atoms with Crippen LogP contribution in [0.4, 0.5) is 14.9 Å². The van der Waals surface area contributed by atoms with E-state index in [9.17, 15) is 18.8 Å². The van der Waals surface area contributed by atoms with Gasteiger partial charge in [-0.05, 0) is 70.9 Å². The fourth-order valence-electron chi connectivity index (χ4n) is 3.32. The summed E-state index contributed by atoms with van der Waals surface area (Å²) in [4.78, 5) is 38.9. The lowest BCUT2D eigenvalue weighted by molar-refractivity contribution is -0.122. The zero-order valence-electron chi connectivity index (χ0n) is 17.8. The second kappa shape index (κ2) is 9.90. The number of nitrogens with zero attached hydrogens (tertiary/aromatic N) is 1. The maximum atomic E-state index is 13.3. The van der Waals surface area contributed by atoms with Crippen molar-refractivity contribution < 1.29 is 23.5 Å². The third-order valence-electron chi connectivity index (χ3n) is 5.03. The third kappa shape index (κ3) is 5.10. The molecule has 0 aliphatic carbocycles.